The van der Waals surface area contributed by atoms with Crippen LogP contribution in [0.25, 0.3) is 22.6 Å². The van der Waals surface area contributed by atoms with Crippen LogP contribution in [0.4, 0.5) is 0 Å². The third kappa shape index (κ3) is 2.72. The smallest absolute Gasteiger partial charge is 0.290 e. The largest absolute Gasteiger partial charge is 0.308 e. The first-order valence-electron chi connectivity index (χ1n) is 8.22. The number of carbonyl (C=O) groups excluding carboxylic acids is 1. The number of benzene rings is 2. The maximum atomic E-state index is 12.8. The van der Waals surface area contributed by atoms with Crippen molar-refractivity contribution in [1.29, 1.82) is 0 Å². The number of para-hydroxylation sites is 2. The number of imidazole rings is 1. The van der Waals surface area contributed by atoms with E-state index in [9.17, 15) is 4.79 Å². The van der Waals surface area contributed by atoms with Crippen molar-refractivity contribution in [1.82, 2.24) is 9.55 Å². The molecular weight excluding hydrogens is 310 g/mol. The zero-order chi connectivity index (χ0) is 17.2. The minimum absolute atomic E-state index is 0.0825. The third-order valence-electron chi connectivity index (χ3n) is 4.40. The molecule has 0 aliphatic rings. The molecule has 2 heterocycles. The summed E-state index contributed by atoms with van der Waals surface area (Å²) in [7, 11) is 2.01. The number of hydrogen-bond acceptors (Lipinski definition) is 2. The lowest BCUT2D eigenvalue weighted by Gasteiger charge is -2.03. The van der Waals surface area contributed by atoms with E-state index in [1.807, 2.05) is 78.3 Å². The van der Waals surface area contributed by atoms with Crippen LogP contribution in [0.2, 0.25) is 0 Å². The quantitative estimate of drug-likeness (QED) is 0.425. The van der Waals surface area contributed by atoms with Crippen LogP contribution in [-0.2, 0) is 13.6 Å². The molecule has 2 aromatic heterocycles. The Labute approximate surface area is 146 Å². The van der Waals surface area contributed by atoms with Crippen molar-refractivity contribution >= 4 is 16.8 Å². The monoisotopic (exact) mass is 328 g/mol. The van der Waals surface area contributed by atoms with Gasteiger partial charge in [0.05, 0.1) is 7.05 Å². The molecule has 4 heteroatoms. The molecule has 4 aromatic rings. The van der Waals surface area contributed by atoms with Gasteiger partial charge < -0.3 is 0 Å². The van der Waals surface area contributed by atoms with Crippen LogP contribution in [0.5, 0.6) is 0 Å². The number of hydrogen-bond donors (Lipinski definition) is 0. The Morgan fingerprint density at radius 2 is 1.68 bits per heavy atom. The van der Waals surface area contributed by atoms with Crippen molar-refractivity contribution in [3.63, 3.8) is 0 Å². The summed E-state index contributed by atoms with van der Waals surface area (Å²) in [5.41, 5.74) is 3.66. The van der Waals surface area contributed by atoms with Gasteiger partial charge in [-0.15, -0.1) is 0 Å². The summed E-state index contributed by atoms with van der Waals surface area (Å²) in [4.78, 5) is 17.3. The van der Waals surface area contributed by atoms with E-state index < -0.39 is 0 Å². The van der Waals surface area contributed by atoms with E-state index in [1.54, 1.807) is 6.20 Å². The number of aromatic nitrogens is 3. The van der Waals surface area contributed by atoms with Crippen LogP contribution in [-0.4, -0.2) is 15.3 Å². The van der Waals surface area contributed by atoms with Crippen molar-refractivity contribution in [2.75, 3.05) is 0 Å². The van der Waals surface area contributed by atoms with Gasteiger partial charge in [-0.25, -0.2) is 14.1 Å². The fraction of sp³-hybridized carbons (Fsp3) is 0.0952. The number of Topliss-reactive ketones (excluding diaryl/α,β-unsaturated/α-hetero) is 1. The fourth-order valence-corrected chi connectivity index (χ4v) is 3.21. The predicted molar refractivity (Wildman–Crippen MR) is 97.1 cm³/mol. The van der Waals surface area contributed by atoms with Crippen molar-refractivity contribution in [3.8, 4) is 11.5 Å². The van der Waals surface area contributed by atoms with Gasteiger partial charge in [0.1, 0.15) is 0 Å². The average Bonchev–Trinajstić information content (AvgIpc) is 2.95. The van der Waals surface area contributed by atoms with E-state index in [-0.39, 0.29) is 12.3 Å². The lowest BCUT2D eigenvalue weighted by molar-refractivity contribution is -0.634. The highest BCUT2D eigenvalue weighted by Gasteiger charge is 2.26. The molecule has 4 rings (SSSR count). The normalized spacial score (nSPS) is 10.9. The Hall–Kier alpha value is -3.27. The van der Waals surface area contributed by atoms with Gasteiger partial charge in [-0.2, -0.15) is 0 Å². The molecule has 25 heavy (non-hydrogen) atoms. The van der Waals surface area contributed by atoms with E-state index in [2.05, 4.69) is 15.6 Å². The van der Waals surface area contributed by atoms with Gasteiger partial charge >= 0.3 is 5.82 Å². The third-order valence-corrected chi connectivity index (χ3v) is 4.40. The van der Waals surface area contributed by atoms with Gasteiger partial charge in [-0.05, 0) is 24.3 Å². The summed E-state index contributed by atoms with van der Waals surface area (Å²) >= 11 is 0. The molecule has 0 unspecified atom stereocenters. The molecule has 0 radical (unpaired) electrons. The van der Waals surface area contributed by atoms with Gasteiger partial charge in [0, 0.05) is 11.8 Å². The molecule has 0 spiro atoms. The second-order valence-corrected chi connectivity index (χ2v) is 5.96. The molecule has 0 amide bonds. The first-order valence-corrected chi connectivity index (χ1v) is 8.22. The predicted octanol–water partition coefficient (Wildman–Crippen LogP) is 3.41. The highest BCUT2D eigenvalue weighted by molar-refractivity contribution is 5.96. The molecule has 0 bridgehead atoms. The number of pyridine rings is 1. The number of carbonyl (C=O) groups is 1. The van der Waals surface area contributed by atoms with E-state index in [0.717, 1.165) is 28.1 Å². The van der Waals surface area contributed by atoms with Gasteiger partial charge in [-0.1, -0.05) is 48.5 Å². The van der Waals surface area contributed by atoms with Crippen LogP contribution in [0.15, 0.2) is 79.0 Å². The van der Waals surface area contributed by atoms with E-state index in [4.69, 9.17) is 0 Å². The zero-order valence-corrected chi connectivity index (χ0v) is 14.0. The average molecular weight is 328 g/mol. The van der Waals surface area contributed by atoms with Crippen molar-refractivity contribution in [2.45, 2.75) is 6.54 Å². The topological polar surface area (TPSA) is 38.8 Å². The summed E-state index contributed by atoms with van der Waals surface area (Å²) in [6.45, 7) is 0.275. The second kappa shape index (κ2) is 6.32. The number of ketones is 1. The Kier molecular flexibility index (Phi) is 3.86. The maximum absolute atomic E-state index is 12.8. The van der Waals surface area contributed by atoms with Crippen LogP contribution >= 0.6 is 0 Å². The summed E-state index contributed by atoms with van der Waals surface area (Å²) in [6.07, 6.45) is 1.77. The van der Waals surface area contributed by atoms with Crippen LogP contribution in [0.1, 0.15) is 10.4 Å². The number of aryl methyl sites for hydroxylation is 1. The fourth-order valence-electron chi connectivity index (χ4n) is 3.21. The minimum atomic E-state index is 0.0825. The summed E-state index contributed by atoms with van der Waals surface area (Å²) < 4.78 is 4.14. The SMILES string of the molecule is C[n+]1c(-c2ccccn2)n(CC(=O)c2ccccc2)c2ccccc21. The molecule has 0 saturated heterocycles. The standard InChI is InChI=1S/C21H18N3O/c1-23-18-12-5-6-13-19(18)24(21(23)17-11-7-8-14-22-17)15-20(25)16-9-3-2-4-10-16/h2-14H,15H2,1H3/q+1. The number of fused-ring (bicyclic) bond motifs is 1. The molecule has 0 saturated carbocycles. The lowest BCUT2D eigenvalue weighted by atomic mass is 10.1. The van der Waals surface area contributed by atoms with Gasteiger partial charge in [0.25, 0.3) is 0 Å². The van der Waals surface area contributed by atoms with Crippen molar-refractivity contribution in [3.05, 3.63) is 84.6 Å². The van der Waals surface area contributed by atoms with Crippen LogP contribution < -0.4 is 4.57 Å². The van der Waals surface area contributed by atoms with E-state index in [0.29, 0.717) is 0 Å². The first kappa shape index (κ1) is 15.3. The molecule has 4 nitrogen and oxygen atoms in total. The molecule has 0 N–H and O–H groups in total. The maximum Gasteiger partial charge on any atom is 0.308 e. The van der Waals surface area contributed by atoms with Gasteiger partial charge in [0.2, 0.25) is 5.78 Å². The molecule has 0 fully saturated rings. The molecule has 0 aliphatic heterocycles. The van der Waals surface area contributed by atoms with E-state index in [1.165, 1.54) is 0 Å². The highest BCUT2D eigenvalue weighted by atomic mass is 16.1. The highest BCUT2D eigenvalue weighted by Crippen LogP contribution is 2.22. The molecule has 0 aliphatic carbocycles. The number of rotatable bonds is 4. The molecule has 0 atom stereocenters. The van der Waals surface area contributed by atoms with Crippen LogP contribution in [0, 0.1) is 0 Å². The number of nitrogens with zero attached hydrogens (tertiary/aromatic N) is 3. The Morgan fingerprint density at radius 3 is 2.44 bits per heavy atom. The summed E-state index contributed by atoms with van der Waals surface area (Å²) in [6, 6.07) is 23.3. The molecule has 122 valence electrons. The van der Waals surface area contributed by atoms with Gasteiger partial charge in [0.15, 0.2) is 23.3 Å². The minimum Gasteiger partial charge on any atom is -0.290 e. The Bertz CT molecular complexity index is 1040. The van der Waals surface area contributed by atoms with Crippen LogP contribution in [0.3, 0.4) is 0 Å². The summed E-state index contributed by atoms with van der Waals surface area (Å²) in [5.74, 6) is 1.00. The Balaban J connectivity index is 1.89. The second-order valence-electron chi connectivity index (χ2n) is 5.96. The summed E-state index contributed by atoms with van der Waals surface area (Å²) in [5, 5.41) is 0. The lowest BCUT2D eigenvalue weighted by Crippen LogP contribution is -2.31. The molecular formula is C21H18N3O+. The van der Waals surface area contributed by atoms with Crippen molar-refractivity contribution < 1.29 is 9.36 Å². The van der Waals surface area contributed by atoms with Gasteiger partial charge in [-0.3, -0.25) is 4.79 Å². The first-order chi connectivity index (χ1) is 12.3. The van der Waals surface area contributed by atoms with Crippen molar-refractivity contribution in [2.24, 2.45) is 7.05 Å². The Morgan fingerprint density at radius 1 is 0.960 bits per heavy atom. The molecule has 2 aromatic carbocycles. The zero-order valence-electron chi connectivity index (χ0n) is 14.0. The van der Waals surface area contributed by atoms with E-state index >= 15 is 0 Å².